The first-order chi connectivity index (χ1) is 22.2. The monoisotopic (exact) mass is 713 g/mol. The number of benzene rings is 3. The topological polar surface area (TPSA) is 62.3 Å². The van der Waals surface area contributed by atoms with E-state index in [4.69, 9.17) is 21.1 Å². The fourth-order valence-electron chi connectivity index (χ4n) is 5.55. The van der Waals surface area contributed by atoms with E-state index in [0.717, 1.165) is 46.6 Å². The number of hydrogen-bond acceptors (Lipinski definition) is 8. The van der Waals surface area contributed by atoms with Gasteiger partial charge in [-0.2, -0.15) is 0 Å². The zero-order valence-electron chi connectivity index (χ0n) is 27.1. The molecule has 0 saturated heterocycles. The summed E-state index contributed by atoms with van der Waals surface area (Å²) in [6, 6.07) is 25.7. The van der Waals surface area contributed by atoms with Crippen molar-refractivity contribution in [1.29, 1.82) is 0 Å². The number of esters is 1. The Morgan fingerprint density at radius 1 is 1.02 bits per heavy atom. The van der Waals surface area contributed by atoms with E-state index < -0.39 is 12.1 Å². The number of rotatable bonds is 8. The van der Waals surface area contributed by atoms with Gasteiger partial charge in [0.2, 0.25) is 0 Å². The highest BCUT2D eigenvalue weighted by Crippen LogP contribution is 2.46. The Kier molecular flexibility index (Phi) is 13.6. The predicted molar refractivity (Wildman–Crippen MR) is 195 cm³/mol. The number of fused-ring (bicyclic) bond motifs is 2. The maximum absolute atomic E-state index is 13.6. The van der Waals surface area contributed by atoms with Gasteiger partial charge in [-0.1, -0.05) is 54.1 Å². The maximum atomic E-state index is 13.6. The van der Waals surface area contributed by atoms with E-state index in [9.17, 15) is 9.59 Å². The fourth-order valence-corrected chi connectivity index (χ4v) is 7.95. The number of methoxy groups -OCH3 is 1. The van der Waals surface area contributed by atoms with Crippen LogP contribution in [0.15, 0.2) is 89.1 Å². The summed E-state index contributed by atoms with van der Waals surface area (Å²) in [6.07, 6.45) is 0.262. The number of carbonyl (C=O) groups is 2. The van der Waals surface area contributed by atoms with Crippen LogP contribution in [0.5, 0.6) is 5.75 Å². The molecule has 1 amide bonds. The molecule has 2 aliphatic rings. The Labute approximate surface area is 297 Å². The van der Waals surface area contributed by atoms with Crippen LogP contribution < -0.4 is 9.64 Å². The highest BCUT2D eigenvalue weighted by molar-refractivity contribution is 7.99. The first-order valence-corrected chi connectivity index (χ1v) is 17.4. The summed E-state index contributed by atoms with van der Waals surface area (Å²) in [6.45, 7) is 5.70. The Balaban J connectivity index is 0.000000236. The fraction of sp³-hybridized carbons (Fsp3) is 0.333. The number of carbonyl (C=O) groups excluding carboxylic acids is 2. The van der Waals surface area contributed by atoms with Crippen LogP contribution >= 0.6 is 47.1 Å². The van der Waals surface area contributed by atoms with E-state index in [1.807, 2.05) is 91.0 Å². The maximum Gasteiger partial charge on any atom is 0.303 e. The number of halogens is 2. The second-order valence-corrected chi connectivity index (χ2v) is 14.1. The third-order valence-corrected chi connectivity index (χ3v) is 10.7. The summed E-state index contributed by atoms with van der Waals surface area (Å²) in [5, 5.41) is 2.72. The zero-order valence-corrected chi connectivity index (χ0v) is 30.3. The molecule has 47 heavy (non-hydrogen) atoms. The smallest absolute Gasteiger partial charge is 0.303 e. The summed E-state index contributed by atoms with van der Waals surface area (Å²) >= 11 is 9.62. The number of hydrogen-bond donors (Lipinski definition) is 0. The third-order valence-electron chi connectivity index (χ3n) is 7.94. The van der Waals surface area contributed by atoms with Crippen molar-refractivity contribution in [3.8, 4) is 5.75 Å². The van der Waals surface area contributed by atoms with Crippen molar-refractivity contribution in [1.82, 2.24) is 9.80 Å². The van der Waals surface area contributed by atoms with Gasteiger partial charge in [0.15, 0.2) is 6.10 Å². The van der Waals surface area contributed by atoms with Crippen LogP contribution in [-0.4, -0.2) is 68.6 Å². The van der Waals surface area contributed by atoms with Crippen molar-refractivity contribution in [3.63, 3.8) is 0 Å². The standard InChI is InChI=1S/C22H26N2O4S.C14H14ClNS.ClH/c1-15(25)28-20-21(16-9-11-17(27-4)12-10-16)29-19-8-6-5-7-18(19)24(22(20)26)14-13-23(2)3;15-13-4-2-1-3-11(13)9-16-7-5-14-12(10-16)6-8-17-14;/h5-12,20-21H,13-14H2,1-4H3;1-4,6,8H,5,7,9-10H2;1H/t20-,21+;;/m1../s1. The molecular formula is C36H41Cl2N3O4S2. The second-order valence-electron chi connectivity index (χ2n) is 11.5. The number of amides is 1. The molecule has 2 atom stereocenters. The van der Waals surface area contributed by atoms with Gasteiger partial charge in [0.25, 0.3) is 5.91 Å². The number of ether oxygens (including phenoxy) is 2. The van der Waals surface area contributed by atoms with Crippen molar-refractivity contribution >= 4 is 64.7 Å². The van der Waals surface area contributed by atoms with Gasteiger partial charge in [-0.15, -0.1) is 35.5 Å². The Hall–Kier alpha value is -3.05. The van der Waals surface area contributed by atoms with Crippen molar-refractivity contribution in [3.05, 3.63) is 111 Å². The lowest BCUT2D eigenvalue weighted by Gasteiger charge is -2.28. The molecule has 3 heterocycles. The molecule has 7 nitrogen and oxygen atoms in total. The van der Waals surface area contributed by atoms with Crippen molar-refractivity contribution in [2.75, 3.05) is 45.7 Å². The van der Waals surface area contributed by atoms with Crippen LogP contribution in [0.25, 0.3) is 0 Å². The molecule has 3 aromatic carbocycles. The summed E-state index contributed by atoms with van der Waals surface area (Å²) in [4.78, 5) is 34.2. The summed E-state index contributed by atoms with van der Waals surface area (Å²) in [5.74, 6) is 0.0528. The van der Waals surface area contributed by atoms with Crippen LogP contribution in [-0.2, 0) is 33.8 Å². The largest absolute Gasteiger partial charge is 0.497 e. The quantitative estimate of drug-likeness (QED) is 0.173. The number of nitrogens with zero attached hydrogens (tertiary/aromatic N) is 3. The molecule has 0 N–H and O–H groups in total. The van der Waals surface area contributed by atoms with Crippen molar-refractivity contribution in [2.45, 2.75) is 42.7 Å². The third kappa shape index (κ3) is 9.53. The first kappa shape index (κ1) is 36.8. The highest BCUT2D eigenvalue weighted by atomic mass is 35.5. The lowest BCUT2D eigenvalue weighted by Crippen LogP contribution is -2.45. The molecule has 0 saturated carbocycles. The SMILES string of the molecule is COc1ccc([C@@H]2Sc3ccccc3N(CCN(C)C)C(=O)[C@@H]2OC(C)=O)cc1.Cl.Clc1ccccc1CN1CCc2sccc2C1. The minimum Gasteiger partial charge on any atom is -0.497 e. The van der Waals surface area contributed by atoms with Gasteiger partial charge in [0, 0.05) is 54.4 Å². The number of para-hydroxylation sites is 1. The average Bonchev–Trinajstić information content (AvgIpc) is 3.48. The van der Waals surface area contributed by atoms with Crippen LogP contribution in [0.3, 0.4) is 0 Å². The lowest BCUT2D eigenvalue weighted by atomic mass is 10.1. The summed E-state index contributed by atoms with van der Waals surface area (Å²) < 4.78 is 10.8. The van der Waals surface area contributed by atoms with Gasteiger partial charge < -0.3 is 19.3 Å². The van der Waals surface area contributed by atoms with Crippen molar-refractivity contribution < 1.29 is 19.1 Å². The molecule has 0 unspecified atom stereocenters. The Morgan fingerprint density at radius 3 is 2.45 bits per heavy atom. The molecule has 250 valence electrons. The average molecular weight is 715 g/mol. The lowest BCUT2D eigenvalue weighted by molar-refractivity contribution is -0.152. The molecule has 0 aliphatic carbocycles. The minimum absolute atomic E-state index is 0. The highest BCUT2D eigenvalue weighted by Gasteiger charge is 2.40. The number of likely N-dealkylation sites (N-methyl/N-ethyl adjacent to an activating group) is 1. The van der Waals surface area contributed by atoms with E-state index in [0.29, 0.717) is 13.1 Å². The van der Waals surface area contributed by atoms with E-state index in [-0.39, 0.29) is 23.6 Å². The molecule has 1 aromatic heterocycles. The van der Waals surface area contributed by atoms with Gasteiger partial charge in [-0.3, -0.25) is 14.5 Å². The zero-order chi connectivity index (χ0) is 32.6. The molecule has 6 rings (SSSR count). The van der Waals surface area contributed by atoms with E-state index >= 15 is 0 Å². The molecular weight excluding hydrogens is 673 g/mol. The summed E-state index contributed by atoms with van der Waals surface area (Å²) in [7, 11) is 5.54. The van der Waals surface area contributed by atoms with Gasteiger partial charge >= 0.3 is 5.97 Å². The molecule has 0 spiro atoms. The second kappa shape index (κ2) is 17.4. The van der Waals surface area contributed by atoms with Gasteiger partial charge in [-0.05, 0) is 79.0 Å². The molecule has 11 heteroatoms. The van der Waals surface area contributed by atoms with E-state index in [1.165, 1.54) is 24.5 Å². The van der Waals surface area contributed by atoms with E-state index in [2.05, 4.69) is 28.5 Å². The number of thiophene rings is 1. The van der Waals surface area contributed by atoms with Gasteiger partial charge in [0.05, 0.1) is 18.0 Å². The van der Waals surface area contributed by atoms with Crippen LogP contribution in [0, 0.1) is 0 Å². The Bertz CT molecular complexity index is 1630. The van der Waals surface area contributed by atoms with Crippen LogP contribution in [0.4, 0.5) is 5.69 Å². The van der Waals surface area contributed by atoms with Gasteiger partial charge in [-0.25, -0.2) is 0 Å². The predicted octanol–water partition coefficient (Wildman–Crippen LogP) is 7.75. The summed E-state index contributed by atoms with van der Waals surface area (Å²) in [5.41, 5.74) is 4.47. The van der Waals surface area contributed by atoms with Crippen molar-refractivity contribution in [2.24, 2.45) is 0 Å². The Morgan fingerprint density at radius 2 is 1.74 bits per heavy atom. The first-order valence-electron chi connectivity index (χ1n) is 15.3. The number of anilines is 1. The van der Waals surface area contributed by atoms with Gasteiger partial charge in [0.1, 0.15) is 5.75 Å². The molecule has 0 radical (unpaired) electrons. The molecule has 0 bridgehead atoms. The normalized spacial score (nSPS) is 17.4. The number of thioether (sulfide) groups is 1. The molecule has 2 aliphatic heterocycles. The molecule has 4 aromatic rings. The van der Waals surface area contributed by atoms with Crippen LogP contribution in [0.2, 0.25) is 5.02 Å². The van der Waals surface area contributed by atoms with Crippen LogP contribution in [0.1, 0.15) is 33.7 Å². The van der Waals surface area contributed by atoms with E-state index in [1.54, 1.807) is 28.6 Å². The minimum atomic E-state index is -0.916. The molecule has 0 fully saturated rings.